The standard InChI is InChI=1S/C8H2ClF3N2O2S2/c9-2-1-13-5(17-2)6-14-4(8(10,11)12)3(18-6)7(15)16/h1H,(H,15,16). The van der Waals surface area contributed by atoms with Gasteiger partial charge in [0.25, 0.3) is 0 Å². The van der Waals surface area contributed by atoms with Gasteiger partial charge in [-0.05, 0) is 0 Å². The number of carboxylic acid groups (broad SMARTS) is 1. The Morgan fingerprint density at radius 1 is 1.33 bits per heavy atom. The molecule has 4 nitrogen and oxygen atoms in total. The molecule has 18 heavy (non-hydrogen) atoms. The zero-order valence-electron chi connectivity index (χ0n) is 8.16. The van der Waals surface area contributed by atoms with Gasteiger partial charge < -0.3 is 5.11 Å². The number of alkyl halides is 3. The van der Waals surface area contributed by atoms with Gasteiger partial charge in [-0.15, -0.1) is 11.3 Å². The monoisotopic (exact) mass is 314 g/mol. The molecule has 2 aromatic rings. The topological polar surface area (TPSA) is 63.1 Å². The van der Waals surface area contributed by atoms with Gasteiger partial charge in [0, 0.05) is 0 Å². The maximum Gasteiger partial charge on any atom is 0.435 e. The zero-order valence-corrected chi connectivity index (χ0v) is 10.5. The van der Waals surface area contributed by atoms with Crippen LogP contribution in [0, 0.1) is 0 Å². The molecule has 2 heterocycles. The zero-order chi connectivity index (χ0) is 13.5. The fourth-order valence-electron chi connectivity index (χ4n) is 1.10. The van der Waals surface area contributed by atoms with E-state index >= 15 is 0 Å². The van der Waals surface area contributed by atoms with Crippen LogP contribution in [0.3, 0.4) is 0 Å². The molecule has 0 saturated heterocycles. The average Bonchev–Trinajstić information content (AvgIpc) is 2.81. The number of hydrogen-bond donors (Lipinski definition) is 1. The van der Waals surface area contributed by atoms with Crippen LogP contribution in [0.5, 0.6) is 0 Å². The second kappa shape index (κ2) is 4.48. The Bertz CT molecular complexity index is 608. The molecule has 2 rings (SSSR count). The molecule has 2 aromatic heterocycles. The van der Waals surface area contributed by atoms with E-state index in [1.165, 1.54) is 6.20 Å². The number of rotatable bonds is 2. The van der Waals surface area contributed by atoms with Gasteiger partial charge in [0.1, 0.15) is 9.21 Å². The van der Waals surface area contributed by atoms with Crippen molar-refractivity contribution in [2.75, 3.05) is 0 Å². The van der Waals surface area contributed by atoms with E-state index in [1.807, 2.05) is 0 Å². The summed E-state index contributed by atoms with van der Waals surface area (Å²) in [6.07, 6.45) is -3.56. The number of carboxylic acids is 1. The lowest BCUT2D eigenvalue weighted by molar-refractivity contribution is -0.141. The molecular weight excluding hydrogens is 313 g/mol. The molecule has 1 N–H and O–H groups in total. The first-order valence-electron chi connectivity index (χ1n) is 4.22. The third kappa shape index (κ3) is 2.47. The summed E-state index contributed by atoms with van der Waals surface area (Å²) in [5, 5.41) is 8.76. The van der Waals surface area contributed by atoms with Crippen LogP contribution in [0.25, 0.3) is 10.0 Å². The van der Waals surface area contributed by atoms with Gasteiger partial charge >= 0.3 is 12.1 Å². The second-order valence-corrected chi connectivity index (χ2v) is 5.63. The summed E-state index contributed by atoms with van der Waals surface area (Å²) in [4.78, 5) is 16.9. The molecule has 0 fully saturated rings. The first kappa shape index (κ1) is 13.2. The molecular formula is C8H2ClF3N2O2S2. The summed E-state index contributed by atoms with van der Waals surface area (Å²) in [5.41, 5.74) is -1.42. The highest BCUT2D eigenvalue weighted by Gasteiger charge is 2.40. The second-order valence-electron chi connectivity index (χ2n) is 2.97. The quantitative estimate of drug-likeness (QED) is 0.919. The molecule has 0 unspecified atom stereocenters. The Labute approximate surface area is 111 Å². The van der Waals surface area contributed by atoms with Crippen molar-refractivity contribution in [3.8, 4) is 10.0 Å². The fourth-order valence-corrected chi connectivity index (χ4v) is 2.96. The number of carbonyl (C=O) groups is 1. The lowest BCUT2D eigenvalue weighted by Crippen LogP contribution is -2.11. The Kier molecular flexibility index (Phi) is 3.30. The highest BCUT2D eigenvalue weighted by Crippen LogP contribution is 2.39. The van der Waals surface area contributed by atoms with Gasteiger partial charge in [-0.2, -0.15) is 13.2 Å². The smallest absolute Gasteiger partial charge is 0.435 e. The first-order valence-corrected chi connectivity index (χ1v) is 6.23. The summed E-state index contributed by atoms with van der Waals surface area (Å²) in [6, 6.07) is 0. The van der Waals surface area contributed by atoms with Crippen molar-refractivity contribution < 1.29 is 23.1 Å². The molecule has 96 valence electrons. The SMILES string of the molecule is O=C(O)c1sc(-c2ncc(Cl)s2)nc1C(F)(F)F. The predicted octanol–water partition coefficient (Wildman–Crippen LogP) is 3.64. The lowest BCUT2D eigenvalue weighted by atomic mass is 10.3. The lowest BCUT2D eigenvalue weighted by Gasteiger charge is -2.02. The molecule has 10 heteroatoms. The van der Waals surface area contributed by atoms with Crippen LogP contribution in [0.15, 0.2) is 6.20 Å². The Morgan fingerprint density at radius 3 is 2.39 bits per heavy atom. The van der Waals surface area contributed by atoms with Crippen LogP contribution >= 0.6 is 34.3 Å². The summed E-state index contributed by atoms with van der Waals surface area (Å²) < 4.78 is 38.0. The Balaban J connectivity index is 2.56. The minimum Gasteiger partial charge on any atom is -0.477 e. The van der Waals surface area contributed by atoms with Gasteiger partial charge in [-0.1, -0.05) is 22.9 Å². The van der Waals surface area contributed by atoms with Gasteiger partial charge in [0.05, 0.1) is 6.20 Å². The van der Waals surface area contributed by atoms with E-state index < -0.39 is 22.7 Å². The van der Waals surface area contributed by atoms with E-state index in [0.717, 1.165) is 11.3 Å². The molecule has 0 radical (unpaired) electrons. The number of halogens is 4. The fraction of sp³-hybridized carbons (Fsp3) is 0.125. The van der Waals surface area contributed by atoms with E-state index in [2.05, 4.69) is 9.97 Å². The van der Waals surface area contributed by atoms with E-state index in [0.29, 0.717) is 11.3 Å². The van der Waals surface area contributed by atoms with Crippen LogP contribution in [0.2, 0.25) is 4.34 Å². The van der Waals surface area contributed by atoms with E-state index in [4.69, 9.17) is 16.7 Å². The van der Waals surface area contributed by atoms with E-state index in [-0.39, 0.29) is 14.4 Å². The average molecular weight is 315 g/mol. The summed E-state index contributed by atoms with van der Waals surface area (Å²) in [5.74, 6) is -1.67. The largest absolute Gasteiger partial charge is 0.477 e. The molecule has 0 amide bonds. The first-order chi connectivity index (χ1) is 8.29. The Hall–Kier alpha value is -1.19. The van der Waals surface area contributed by atoms with Gasteiger partial charge in [-0.3, -0.25) is 0 Å². The van der Waals surface area contributed by atoms with Gasteiger partial charge in [-0.25, -0.2) is 14.8 Å². The van der Waals surface area contributed by atoms with Crippen molar-refractivity contribution in [1.29, 1.82) is 0 Å². The van der Waals surface area contributed by atoms with Crippen molar-refractivity contribution >= 4 is 40.2 Å². The third-order valence-electron chi connectivity index (χ3n) is 1.75. The van der Waals surface area contributed by atoms with Crippen molar-refractivity contribution in [3.63, 3.8) is 0 Å². The van der Waals surface area contributed by atoms with E-state index in [1.54, 1.807) is 0 Å². The number of hydrogen-bond acceptors (Lipinski definition) is 5. The molecule has 0 aliphatic rings. The molecule has 0 aliphatic carbocycles. The Morgan fingerprint density at radius 2 is 2.00 bits per heavy atom. The molecule has 0 atom stereocenters. The van der Waals surface area contributed by atoms with Crippen LogP contribution in [-0.2, 0) is 6.18 Å². The molecule has 0 bridgehead atoms. The van der Waals surface area contributed by atoms with Crippen LogP contribution < -0.4 is 0 Å². The van der Waals surface area contributed by atoms with Crippen LogP contribution in [0.1, 0.15) is 15.4 Å². The summed E-state index contributed by atoms with van der Waals surface area (Å²) in [7, 11) is 0. The normalized spacial score (nSPS) is 11.8. The van der Waals surface area contributed by atoms with Crippen molar-refractivity contribution in [2.45, 2.75) is 6.18 Å². The van der Waals surface area contributed by atoms with E-state index in [9.17, 15) is 18.0 Å². The molecule has 0 spiro atoms. The minimum absolute atomic E-state index is 0.114. The molecule has 0 aromatic carbocycles. The number of nitrogens with zero attached hydrogens (tertiary/aromatic N) is 2. The minimum atomic E-state index is -4.82. The maximum absolute atomic E-state index is 12.6. The van der Waals surface area contributed by atoms with Crippen LogP contribution in [0.4, 0.5) is 13.2 Å². The number of thiazole rings is 2. The number of aromatic nitrogens is 2. The predicted molar refractivity (Wildman–Crippen MR) is 60.2 cm³/mol. The van der Waals surface area contributed by atoms with Crippen molar-refractivity contribution in [2.24, 2.45) is 0 Å². The maximum atomic E-state index is 12.6. The third-order valence-corrected chi connectivity index (χ3v) is 4.05. The summed E-state index contributed by atoms with van der Waals surface area (Å²) in [6.45, 7) is 0. The molecule has 0 aliphatic heterocycles. The van der Waals surface area contributed by atoms with Crippen molar-refractivity contribution in [1.82, 2.24) is 9.97 Å². The van der Waals surface area contributed by atoms with Crippen LogP contribution in [-0.4, -0.2) is 21.0 Å². The number of aromatic carboxylic acids is 1. The summed E-state index contributed by atoms with van der Waals surface area (Å²) >= 11 is 6.95. The molecule has 0 saturated carbocycles. The highest BCUT2D eigenvalue weighted by molar-refractivity contribution is 7.24. The van der Waals surface area contributed by atoms with Gasteiger partial charge in [0.2, 0.25) is 0 Å². The van der Waals surface area contributed by atoms with Gasteiger partial charge in [0.15, 0.2) is 15.7 Å². The van der Waals surface area contributed by atoms with Crippen molar-refractivity contribution in [3.05, 3.63) is 21.1 Å². The highest BCUT2D eigenvalue weighted by atomic mass is 35.5.